The number of likely N-dealkylation sites (N-methyl/N-ethyl adjacent to an activating group) is 2. The van der Waals surface area contributed by atoms with E-state index >= 15 is 0 Å². The van der Waals surface area contributed by atoms with Crippen molar-refractivity contribution in [1.29, 1.82) is 0 Å². The fourth-order valence-corrected chi connectivity index (χ4v) is 2.33. The maximum Gasteiger partial charge on any atom is 0.0194 e. The Bertz CT molecular complexity index is 291. The van der Waals surface area contributed by atoms with E-state index in [0.29, 0.717) is 6.04 Å². The average molecular weight is 248 g/mol. The maximum absolute atomic E-state index is 3.57. The van der Waals surface area contributed by atoms with Crippen LogP contribution in [0.1, 0.15) is 32.3 Å². The highest BCUT2D eigenvalue weighted by Crippen LogP contribution is 2.03. The first-order valence-corrected chi connectivity index (χ1v) is 7.22. The Morgan fingerprint density at radius 1 is 1.17 bits per heavy atom. The SMILES string of the molecule is CCCC(CN(C)CCc1ccccc1)NCC. The van der Waals surface area contributed by atoms with Crippen LogP contribution in [0.4, 0.5) is 0 Å². The zero-order valence-electron chi connectivity index (χ0n) is 12.2. The van der Waals surface area contributed by atoms with Gasteiger partial charge in [-0.15, -0.1) is 0 Å². The van der Waals surface area contributed by atoms with Gasteiger partial charge in [0.2, 0.25) is 0 Å². The average Bonchev–Trinajstić information content (AvgIpc) is 2.38. The van der Waals surface area contributed by atoms with E-state index in [4.69, 9.17) is 0 Å². The highest BCUT2D eigenvalue weighted by atomic mass is 15.1. The smallest absolute Gasteiger partial charge is 0.0194 e. The third kappa shape index (κ3) is 6.18. The van der Waals surface area contributed by atoms with Crippen LogP contribution in [0.5, 0.6) is 0 Å². The van der Waals surface area contributed by atoms with Crippen LogP contribution in [0.15, 0.2) is 30.3 Å². The molecular weight excluding hydrogens is 220 g/mol. The molecular formula is C16H28N2. The Morgan fingerprint density at radius 2 is 1.89 bits per heavy atom. The van der Waals surface area contributed by atoms with Gasteiger partial charge in [-0.3, -0.25) is 0 Å². The molecule has 2 nitrogen and oxygen atoms in total. The van der Waals surface area contributed by atoms with Gasteiger partial charge in [0.25, 0.3) is 0 Å². The first kappa shape index (κ1) is 15.2. The number of nitrogens with zero attached hydrogens (tertiary/aromatic N) is 1. The van der Waals surface area contributed by atoms with Gasteiger partial charge in [-0.1, -0.05) is 50.6 Å². The molecule has 1 N–H and O–H groups in total. The molecule has 1 atom stereocenters. The van der Waals surface area contributed by atoms with Crippen LogP contribution in [-0.2, 0) is 6.42 Å². The molecule has 1 aromatic rings. The Hall–Kier alpha value is -0.860. The molecule has 1 rings (SSSR count). The second kappa shape index (κ2) is 9.12. The lowest BCUT2D eigenvalue weighted by Crippen LogP contribution is -2.40. The van der Waals surface area contributed by atoms with E-state index in [9.17, 15) is 0 Å². The van der Waals surface area contributed by atoms with Crippen molar-refractivity contribution in [2.45, 2.75) is 39.2 Å². The molecule has 0 aromatic heterocycles. The molecule has 18 heavy (non-hydrogen) atoms. The molecule has 0 fully saturated rings. The second-order valence-electron chi connectivity index (χ2n) is 5.04. The van der Waals surface area contributed by atoms with E-state index in [-0.39, 0.29) is 0 Å². The number of rotatable bonds is 9. The number of nitrogens with one attached hydrogen (secondary N) is 1. The Kier molecular flexibility index (Phi) is 7.70. The largest absolute Gasteiger partial charge is 0.313 e. The summed E-state index contributed by atoms with van der Waals surface area (Å²) in [5.74, 6) is 0. The summed E-state index contributed by atoms with van der Waals surface area (Å²) in [5, 5.41) is 3.57. The van der Waals surface area contributed by atoms with Gasteiger partial charge in [-0.05, 0) is 32.0 Å². The normalized spacial score (nSPS) is 12.9. The van der Waals surface area contributed by atoms with Crippen LogP contribution < -0.4 is 5.32 Å². The summed E-state index contributed by atoms with van der Waals surface area (Å²) in [7, 11) is 2.23. The van der Waals surface area contributed by atoms with Gasteiger partial charge < -0.3 is 10.2 Å². The molecule has 0 amide bonds. The molecule has 0 aliphatic carbocycles. The lowest BCUT2D eigenvalue weighted by Gasteiger charge is -2.24. The fraction of sp³-hybridized carbons (Fsp3) is 0.625. The van der Waals surface area contributed by atoms with Crippen LogP contribution in [0.3, 0.4) is 0 Å². The van der Waals surface area contributed by atoms with Crippen LogP contribution >= 0.6 is 0 Å². The lowest BCUT2D eigenvalue weighted by atomic mass is 10.1. The molecule has 0 heterocycles. The van der Waals surface area contributed by atoms with Crippen molar-refractivity contribution in [3.8, 4) is 0 Å². The Labute approximate surface area is 112 Å². The predicted octanol–water partition coefficient (Wildman–Crippen LogP) is 2.94. The molecule has 0 aliphatic rings. The Morgan fingerprint density at radius 3 is 2.50 bits per heavy atom. The van der Waals surface area contributed by atoms with Crippen LogP contribution in [0, 0.1) is 0 Å². The van der Waals surface area contributed by atoms with Crippen molar-refractivity contribution in [2.75, 3.05) is 26.7 Å². The summed E-state index contributed by atoms with van der Waals surface area (Å²) >= 11 is 0. The van der Waals surface area contributed by atoms with Crippen molar-refractivity contribution in [2.24, 2.45) is 0 Å². The molecule has 0 bridgehead atoms. The summed E-state index contributed by atoms with van der Waals surface area (Å²) in [5.41, 5.74) is 1.43. The topological polar surface area (TPSA) is 15.3 Å². The summed E-state index contributed by atoms with van der Waals surface area (Å²) in [4.78, 5) is 2.44. The fourth-order valence-electron chi connectivity index (χ4n) is 2.33. The lowest BCUT2D eigenvalue weighted by molar-refractivity contribution is 0.284. The minimum atomic E-state index is 0.640. The first-order valence-electron chi connectivity index (χ1n) is 7.22. The van der Waals surface area contributed by atoms with Crippen LogP contribution in [0.2, 0.25) is 0 Å². The van der Waals surface area contributed by atoms with Crippen molar-refractivity contribution in [1.82, 2.24) is 10.2 Å². The van der Waals surface area contributed by atoms with E-state index in [1.165, 1.54) is 18.4 Å². The third-order valence-electron chi connectivity index (χ3n) is 3.29. The number of hydrogen-bond acceptors (Lipinski definition) is 2. The van der Waals surface area contributed by atoms with Crippen molar-refractivity contribution in [3.05, 3.63) is 35.9 Å². The minimum Gasteiger partial charge on any atom is -0.313 e. The Balaban J connectivity index is 2.29. The van der Waals surface area contributed by atoms with Crippen molar-refractivity contribution >= 4 is 0 Å². The first-order chi connectivity index (χ1) is 8.76. The monoisotopic (exact) mass is 248 g/mol. The summed E-state index contributed by atoms with van der Waals surface area (Å²) in [6.45, 7) is 7.79. The molecule has 0 radical (unpaired) electrons. The number of hydrogen-bond donors (Lipinski definition) is 1. The summed E-state index contributed by atoms with van der Waals surface area (Å²) < 4.78 is 0. The van der Waals surface area contributed by atoms with Gasteiger partial charge in [0, 0.05) is 19.1 Å². The van der Waals surface area contributed by atoms with E-state index in [0.717, 1.165) is 26.1 Å². The molecule has 2 heteroatoms. The van der Waals surface area contributed by atoms with E-state index in [2.05, 4.69) is 61.4 Å². The van der Waals surface area contributed by atoms with Gasteiger partial charge in [0.1, 0.15) is 0 Å². The maximum atomic E-state index is 3.57. The quantitative estimate of drug-likeness (QED) is 0.723. The van der Waals surface area contributed by atoms with Gasteiger partial charge in [-0.25, -0.2) is 0 Å². The molecule has 0 aliphatic heterocycles. The van der Waals surface area contributed by atoms with E-state index in [1.54, 1.807) is 0 Å². The second-order valence-corrected chi connectivity index (χ2v) is 5.04. The molecule has 0 spiro atoms. The van der Waals surface area contributed by atoms with E-state index < -0.39 is 0 Å². The van der Waals surface area contributed by atoms with Crippen molar-refractivity contribution in [3.63, 3.8) is 0 Å². The van der Waals surface area contributed by atoms with Gasteiger partial charge in [0.05, 0.1) is 0 Å². The standard InChI is InChI=1S/C16H28N2/c1-4-9-16(17-5-2)14-18(3)13-12-15-10-7-6-8-11-15/h6-8,10-11,16-17H,4-5,9,12-14H2,1-3H3. The molecule has 0 saturated carbocycles. The molecule has 1 aromatic carbocycles. The van der Waals surface area contributed by atoms with Crippen LogP contribution in [-0.4, -0.2) is 37.6 Å². The minimum absolute atomic E-state index is 0.640. The summed E-state index contributed by atoms with van der Waals surface area (Å²) in [6.07, 6.45) is 3.66. The van der Waals surface area contributed by atoms with Gasteiger partial charge in [-0.2, -0.15) is 0 Å². The predicted molar refractivity (Wildman–Crippen MR) is 80.0 cm³/mol. The molecule has 102 valence electrons. The summed E-state index contributed by atoms with van der Waals surface area (Å²) in [6, 6.07) is 11.4. The zero-order chi connectivity index (χ0) is 13.2. The zero-order valence-corrected chi connectivity index (χ0v) is 12.2. The van der Waals surface area contributed by atoms with Gasteiger partial charge in [0.15, 0.2) is 0 Å². The molecule has 0 saturated heterocycles. The van der Waals surface area contributed by atoms with Crippen molar-refractivity contribution < 1.29 is 0 Å². The third-order valence-corrected chi connectivity index (χ3v) is 3.29. The highest BCUT2D eigenvalue weighted by Gasteiger charge is 2.09. The van der Waals surface area contributed by atoms with E-state index in [1.807, 2.05) is 0 Å². The highest BCUT2D eigenvalue weighted by molar-refractivity contribution is 5.14. The van der Waals surface area contributed by atoms with Crippen LogP contribution in [0.25, 0.3) is 0 Å². The molecule has 1 unspecified atom stereocenters. The number of benzene rings is 1. The van der Waals surface area contributed by atoms with Gasteiger partial charge >= 0.3 is 0 Å².